The van der Waals surface area contributed by atoms with E-state index in [0.29, 0.717) is 11.4 Å². The first-order chi connectivity index (χ1) is 14.6. The lowest BCUT2D eigenvalue weighted by molar-refractivity contribution is 0.431. The number of nitriles is 1. The molecular weight excluding hydrogens is 399 g/mol. The topological polar surface area (TPSA) is 60.1 Å². The Morgan fingerprint density at radius 1 is 1.07 bits per heavy atom. The molecule has 0 amide bonds. The fourth-order valence-electron chi connectivity index (χ4n) is 3.62. The van der Waals surface area contributed by atoms with Crippen LogP contribution >= 0.6 is 11.9 Å². The fraction of sp³-hybridized carbons (Fsp3) is 0.273. The van der Waals surface area contributed by atoms with E-state index in [1.165, 1.54) is 12.1 Å². The quantitative estimate of drug-likeness (QED) is 0.628. The molecule has 0 bridgehead atoms. The first-order valence-corrected chi connectivity index (χ1v) is 10.9. The monoisotopic (exact) mass is 422 g/mol. The molecule has 30 heavy (non-hydrogen) atoms. The molecule has 0 atom stereocenters. The maximum atomic E-state index is 14.2. The van der Waals surface area contributed by atoms with Gasteiger partial charge in [0, 0.05) is 50.5 Å². The second-order valence-corrected chi connectivity index (χ2v) is 7.88. The maximum Gasteiger partial charge on any atom is 0.148 e. The molecule has 0 radical (unpaired) electrons. The Labute approximate surface area is 180 Å². The van der Waals surface area contributed by atoms with E-state index in [9.17, 15) is 4.39 Å². The van der Waals surface area contributed by atoms with Gasteiger partial charge >= 0.3 is 0 Å². The van der Waals surface area contributed by atoms with Gasteiger partial charge in [0.25, 0.3) is 0 Å². The highest BCUT2D eigenvalue weighted by Gasteiger charge is 2.18. The number of nitrogens with zero attached hydrogens (tertiary/aromatic N) is 5. The molecule has 8 heteroatoms. The Bertz CT molecular complexity index is 1080. The standard InChI is InChI=1S/C22H23FN6S/c1-25-22-14-21(16-6-7-17(15-24)20(23)12-16)29(26-22)19-5-3-4-18(13-19)27-8-10-28(30-2)11-9-27/h3-7,12-14H,8-11H2,1-2H3,(H,25,26). The summed E-state index contributed by atoms with van der Waals surface area (Å²) >= 11 is 1.79. The summed E-state index contributed by atoms with van der Waals surface area (Å²) in [5, 5.41) is 16.7. The van der Waals surface area contributed by atoms with Crippen molar-refractivity contribution in [2.24, 2.45) is 0 Å². The Morgan fingerprint density at radius 2 is 1.83 bits per heavy atom. The van der Waals surface area contributed by atoms with Gasteiger partial charge in [0.05, 0.1) is 16.9 Å². The third-order valence-electron chi connectivity index (χ3n) is 5.29. The van der Waals surface area contributed by atoms with Crippen LogP contribution in [0.1, 0.15) is 5.56 Å². The third kappa shape index (κ3) is 3.99. The molecule has 1 N–H and O–H groups in total. The van der Waals surface area contributed by atoms with Gasteiger partial charge in [-0.3, -0.25) is 0 Å². The van der Waals surface area contributed by atoms with Crippen LogP contribution in [-0.2, 0) is 0 Å². The second kappa shape index (κ2) is 8.78. The lowest BCUT2D eigenvalue weighted by atomic mass is 10.1. The molecule has 0 spiro atoms. The Balaban J connectivity index is 1.70. The van der Waals surface area contributed by atoms with Crippen molar-refractivity contribution in [2.75, 3.05) is 49.7 Å². The van der Waals surface area contributed by atoms with Crippen LogP contribution < -0.4 is 10.2 Å². The number of hydrogen-bond donors (Lipinski definition) is 1. The van der Waals surface area contributed by atoms with Crippen LogP contribution in [0, 0.1) is 17.1 Å². The van der Waals surface area contributed by atoms with Gasteiger partial charge in [-0.15, -0.1) is 5.10 Å². The highest BCUT2D eigenvalue weighted by Crippen LogP contribution is 2.29. The molecule has 1 fully saturated rings. The van der Waals surface area contributed by atoms with Crippen LogP contribution in [0.15, 0.2) is 48.5 Å². The summed E-state index contributed by atoms with van der Waals surface area (Å²) in [7, 11) is 1.80. The number of benzene rings is 2. The lowest BCUT2D eigenvalue weighted by Crippen LogP contribution is -2.43. The number of aromatic nitrogens is 2. The average molecular weight is 423 g/mol. The van der Waals surface area contributed by atoms with E-state index in [1.807, 2.05) is 29.0 Å². The van der Waals surface area contributed by atoms with E-state index in [-0.39, 0.29) is 5.56 Å². The molecular formula is C22H23FN6S. The zero-order chi connectivity index (χ0) is 21.1. The van der Waals surface area contributed by atoms with Gasteiger partial charge in [0.1, 0.15) is 17.7 Å². The number of halogens is 1. The van der Waals surface area contributed by atoms with Gasteiger partial charge in [-0.25, -0.2) is 13.4 Å². The molecule has 1 aromatic heterocycles. The Kier molecular flexibility index (Phi) is 5.93. The molecule has 0 saturated carbocycles. The summed E-state index contributed by atoms with van der Waals surface area (Å²) in [6.07, 6.45) is 2.11. The number of piperazine rings is 1. The van der Waals surface area contributed by atoms with E-state index in [2.05, 4.69) is 38.0 Å². The van der Waals surface area contributed by atoms with Crippen molar-refractivity contribution in [3.8, 4) is 23.0 Å². The van der Waals surface area contributed by atoms with Gasteiger partial charge in [0.15, 0.2) is 0 Å². The highest BCUT2D eigenvalue weighted by molar-refractivity contribution is 7.96. The van der Waals surface area contributed by atoms with Crippen molar-refractivity contribution in [2.45, 2.75) is 0 Å². The predicted octanol–water partition coefficient (Wildman–Crippen LogP) is 3.99. The second-order valence-electron chi connectivity index (χ2n) is 7.00. The molecule has 0 aliphatic carbocycles. The largest absolute Gasteiger partial charge is 0.372 e. The van der Waals surface area contributed by atoms with Crippen molar-refractivity contribution in [3.63, 3.8) is 0 Å². The Morgan fingerprint density at radius 3 is 2.50 bits per heavy atom. The van der Waals surface area contributed by atoms with Crippen LogP contribution in [0.25, 0.3) is 16.9 Å². The summed E-state index contributed by atoms with van der Waals surface area (Å²) in [5.74, 6) is 0.155. The molecule has 2 aromatic carbocycles. The van der Waals surface area contributed by atoms with Crippen molar-refractivity contribution in [1.29, 1.82) is 5.26 Å². The molecule has 0 unspecified atom stereocenters. The number of hydrogen-bond acceptors (Lipinski definition) is 6. The number of rotatable bonds is 5. The Hall–Kier alpha value is -3.02. The van der Waals surface area contributed by atoms with Crippen molar-refractivity contribution < 1.29 is 4.39 Å². The van der Waals surface area contributed by atoms with Gasteiger partial charge in [-0.2, -0.15) is 5.26 Å². The molecule has 2 heterocycles. The van der Waals surface area contributed by atoms with Crippen LogP contribution in [0.5, 0.6) is 0 Å². The molecule has 1 aliphatic heterocycles. The number of nitrogens with one attached hydrogen (secondary N) is 1. The van der Waals surface area contributed by atoms with Gasteiger partial charge < -0.3 is 10.2 Å². The minimum atomic E-state index is -0.533. The van der Waals surface area contributed by atoms with Crippen molar-refractivity contribution in [3.05, 3.63) is 59.9 Å². The fourth-order valence-corrected chi connectivity index (χ4v) is 4.15. The smallest absolute Gasteiger partial charge is 0.148 e. The lowest BCUT2D eigenvalue weighted by Gasteiger charge is -2.34. The van der Waals surface area contributed by atoms with E-state index >= 15 is 0 Å². The first-order valence-electron chi connectivity index (χ1n) is 9.75. The molecule has 4 rings (SSSR count). The maximum absolute atomic E-state index is 14.2. The molecule has 1 aliphatic rings. The molecule has 3 aromatic rings. The van der Waals surface area contributed by atoms with E-state index in [0.717, 1.165) is 43.2 Å². The van der Waals surface area contributed by atoms with E-state index < -0.39 is 5.82 Å². The van der Waals surface area contributed by atoms with Crippen LogP contribution in [0.3, 0.4) is 0 Å². The van der Waals surface area contributed by atoms with Crippen molar-refractivity contribution in [1.82, 2.24) is 14.1 Å². The minimum Gasteiger partial charge on any atom is -0.372 e. The SMILES string of the molecule is CNc1cc(-c2ccc(C#N)c(F)c2)n(-c2cccc(N3CCN(SC)CC3)c2)n1. The van der Waals surface area contributed by atoms with Gasteiger partial charge in [0.2, 0.25) is 0 Å². The summed E-state index contributed by atoms with van der Waals surface area (Å²) < 4.78 is 18.4. The molecule has 154 valence electrons. The minimum absolute atomic E-state index is 0.0324. The van der Waals surface area contributed by atoms with Crippen LogP contribution in [0.2, 0.25) is 0 Å². The highest BCUT2D eigenvalue weighted by atomic mass is 32.2. The normalized spacial score (nSPS) is 14.5. The summed E-state index contributed by atoms with van der Waals surface area (Å²) in [6, 6.07) is 16.6. The summed E-state index contributed by atoms with van der Waals surface area (Å²) in [4.78, 5) is 2.37. The average Bonchev–Trinajstić information content (AvgIpc) is 3.24. The summed E-state index contributed by atoms with van der Waals surface area (Å²) in [5.41, 5.74) is 3.50. The third-order valence-corrected chi connectivity index (χ3v) is 6.17. The van der Waals surface area contributed by atoms with E-state index in [4.69, 9.17) is 5.26 Å². The van der Waals surface area contributed by atoms with Crippen LogP contribution in [-0.4, -0.2) is 53.6 Å². The van der Waals surface area contributed by atoms with Gasteiger partial charge in [-0.05, 0) is 36.6 Å². The van der Waals surface area contributed by atoms with Crippen LogP contribution in [0.4, 0.5) is 15.9 Å². The predicted molar refractivity (Wildman–Crippen MR) is 121 cm³/mol. The zero-order valence-corrected chi connectivity index (χ0v) is 17.8. The van der Waals surface area contributed by atoms with Gasteiger partial charge in [-0.1, -0.05) is 24.1 Å². The number of anilines is 2. The molecule has 6 nitrogen and oxygen atoms in total. The zero-order valence-electron chi connectivity index (χ0n) is 17.0. The van der Waals surface area contributed by atoms with E-state index in [1.54, 1.807) is 25.1 Å². The molecule has 1 saturated heterocycles. The summed E-state index contributed by atoms with van der Waals surface area (Å²) in [6.45, 7) is 3.98. The van der Waals surface area contributed by atoms with Crippen molar-refractivity contribution >= 4 is 23.5 Å². The first kappa shape index (κ1) is 20.3.